The lowest BCUT2D eigenvalue weighted by molar-refractivity contribution is 0.592. The molecule has 1 fully saturated rings. The van der Waals surface area contributed by atoms with Crippen molar-refractivity contribution in [1.82, 2.24) is 15.2 Å². The van der Waals surface area contributed by atoms with Crippen LogP contribution in [0.1, 0.15) is 42.1 Å². The van der Waals surface area contributed by atoms with Gasteiger partial charge in [-0.15, -0.1) is 5.10 Å². The lowest BCUT2D eigenvalue weighted by Crippen LogP contribution is -2.27. The van der Waals surface area contributed by atoms with E-state index in [2.05, 4.69) is 39.4 Å². The summed E-state index contributed by atoms with van der Waals surface area (Å²) in [7, 11) is 0. The maximum atomic E-state index is 5.97. The van der Waals surface area contributed by atoms with Crippen LogP contribution in [0.2, 0.25) is 0 Å². The van der Waals surface area contributed by atoms with Crippen molar-refractivity contribution in [3.63, 3.8) is 0 Å². The van der Waals surface area contributed by atoms with Crippen molar-refractivity contribution in [3.05, 3.63) is 41.2 Å². The number of aromatic amines is 1. The van der Waals surface area contributed by atoms with Crippen LogP contribution in [0.15, 0.2) is 24.3 Å². The highest BCUT2D eigenvalue weighted by atomic mass is 15.4. The van der Waals surface area contributed by atoms with E-state index in [4.69, 9.17) is 10.7 Å². The predicted molar refractivity (Wildman–Crippen MR) is 82.4 cm³/mol. The number of aryl methyl sites for hydroxylation is 1. The molecule has 2 aliphatic rings. The Bertz CT molecular complexity index is 635. The number of rotatable bonds is 2. The Balaban J connectivity index is 1.62. The third kappa shape index (κ3) is 2.31. The minimum Gasteiger partial charge on any atom is -0.338 e. The summed E-state index contributed by atoms with van der Waals surface area (Å²) in [6.07, 6.45) is 4.56. The molecule has 1 aromatic carbocycles. The van der Waals surface area contributed by atoms with E-state index in [1.165, 1.54) is 24.0 Å². The number of nitrogens with one attached hydrogen (secondary N) is 1. The Morgan fingerprint density at radius 3 is 3.00 bits per heavy atom. The standard InChI is InChI=1S/C16H21N5/c17-12-8-9-21(10-12)16-18-15(19-20-16)14-7-3-5-11-4-1-2-6-13(11)14/h1-2,4,6,12,14H,3,5,7-10,17H2,(H,18,19,20). The summed E-state index contributed by atoms with van der Waals surface area (Å²) in [6.45, 7) is 1.82. The number of H-pyrrole nitrogens is 1. The van der Waals surface area contributed by atoms with Crippen LogP contribution in [0.4, 0.5) is 5.95 Å². The van der Waals surface area contributed by atoms with Crippen LogP contribution in [0.25, 0.3) is 0 Å². The lowest BCUT2D eigenvalue weighted by atomic mass is 9.82. The predicted octanol–water partition coefficient (Wildman–Crippen LogP) is 1.81. The molecular formula is C16H21N5. The number of fused-ring (bicyclic) bond motifs is 1. The molecule has 110 valence electrons. The van der Waals surface area contributed by atoms with Crippen molar-refractivity contribution in [2.24, 2.45) is 5.73 Å². The summed E-state index contributed by atoms with van der Waals surface area (Å²) < 4.78 is 0. The molecule has 21 heavy (non-hydrogen) atoms. The zero-order valence-corrected chi connectivity index (χ0v) is 12.1. The molecule has 0 amide bonds. The van der Waals surface area contributed by atoms with Crippen LogP contribution in [-0.4, -0.2) is 34.3 Å². The van der Waals surface area contributed by atoms with Crippen LogP contribution >= 0.6 is 0 Å². The van der Waals surface area contributed by atoms with Crippen molar-refractivity contribution < 1.29 is 0 Å². The fraction of sp³-hybridized carbons (Fsp3) is 0.500. The van der Waals surface area contributed by atoms with Crippen LogP contribution < -0.4 is 10.6 Å². The van der Waals surface area contributed by atoms with E-state index in [9.17, 15) is 0 Å². The summed E-state index contributed by atoms with van der Waals surface area (Å²) >= 11 is 0. The third-order valence-corrected chi connectivity index (χ3v) is 4.70. The molecule has 2 heterocycles. The summed E-state index contributed by atoms with van der Waals surface area (Å²) in [4.78, 5) is 6.93. The first kappa shape index (κ1) is 12.8. The van der Waals surface area contributed by atoms with E-state index in [1.807, 2.05) is 0 Å². The maximum Gasteiger partial charge on any atom is 0.244 e. The first-order valence-corrected chi connectivity index (χ1v) is 7.82. The van der Waals surface area contributed by atoms with Crippen molar-refractivity contribution in [2.45, 2.75) is 37.6 Å². The quantitative estimate of drug-likeness (QED) is 0.882. The Morgan fingerprint density at radius 1 is 1.24 bits per heavy atom. The minimum atomic E-state index is 0.252. The smallest absolute Gasteiger partial charge is 0.244 e. The molecule has 1 aliphatic heterocycles. The van der Waals surface area contributed by atoms with Gasteiger partial charge >= 0.3 is 0 Å². The highest BCUT2D eigenvalue weighted by Gasteiger charge is 2.27. The Morgan fingerprint density at radius 2 is 2.14 bits per heavy atom. The van der Waals surface area contributed by atoms with Gasteiger partial charge < -0.3 is 10.6 Å². The van der Waals surface area contributed by atoms with E-state index < -0.39 is 0 Å². The van der Waals surface area contributed by atoms with Gasteiger partial charge in [0.15, 0.2) is 0 Å². The topological polar surface area (TPSA) is 70.8 Å². The summed E-state index contributed by atoms with van der Waals surface area (Å²) in [5.41, 5.74) is 8.83. The molecule has 2 aromatic rings. The van der Waals surface area contributed by atoms with Gasteiger partial charge in [0, 0.05) is 25.0 Å². The van der Waals surface area contributed by atoms with E-state index >= 15 is 0 Å². The van der Waals surface area contributed by atoms with Crippen molar-refractivity contribution >= 4 is 5.95 Å². The zero-order valence-electron chi connectivity index (χ0n) is 12.1. The Kier molecular flexibility index (Phi) is 3.15. The average Bonchev–Trinajstić information content (AvgIpc) is 3.15. The zero-order chi connectivity index (χ0) is 14.2. The number of hydrogen-bond acceptors (Lipinski definition) is 4. The van der Waals surface area contributed by atoms with Crippen molar-refractivity contribution in [2.75, 3.05) is 18.0 Å². The number of nitrogens with zero attached hydrogens (tertiary/aromatic N) is 3. The second-order valence-corrected chi connectivity index (χ2v) is 6.16. The van der Waals surface area contributed by atoms with Gasteiger partial charge in [-0.1, -0.05) is 24.3 Å². The highest BCUT2D eigenvalue weighted by molar-refractivity contribution is 5.38. The molecular weight excluding hydrogens is 262 g/mol. The SMILES string of the molecule is NC1CCN(c2n[nH]c(C3CCCc4ccccc43)n2)C1. The molecule has 5 heteroatoms. The maximum absolute atomic E-state index is 5.97. The fourth-order valence-electron chi connectivity index (χ4n) is 3.57. The molecule has 0 bridgehead atoms. The summed E-state index contributed by atoms with van der Waals surface area (Å²) in [6, 6.07) is 8.96. The summed E-state index contributed by atoms with van der Waals surface area (Å²) in [5.74, 6) is 2.16. The van der Waals surface area contributed by atoms with Crippen LogP contribution in [0.5, 0.6) is 0 Å². The van der Waals surface area contributed by atoms with Crippen molar-refractivity contribution in [3.8, 4) is 0 Å². The minimum absolute atomic E-state index is 0.252. The molecule has 0 saturated carbocycles. The molecule has 1 saturated heterocycles. The van der Waals surface area contributed by atoms with Gasteiger partial charge in [-0.2, -0.15) is 4.98 Å². The second kappa shape index (κ2) is 5.15. The molecule has 3 N–H and O–H groups in total. The number of aromatic nitrogens is 3. The lowest BCUT2D eigenvalue weighted by Gasteiger charge is -2.23. The van der Waals surface area contributed by atoms with Gasteiger partial charge in [-0.3, -0.25) is 5.10 Å². The molecule has 1 aromatic heterocycles. The largest absolute Gasteiger partial charge is 0.338 e. The Labute approximate surface area is 124 Å². The van der Waals surface area contributed by atoms with E-state index in [0.29, 0.717) is 5.92 Å². The fourth-order valence-corrected chi connectivity index (χ4v) is 3.57. The molecule has 0 spiro atoms. The van der Waals surface area contributed by atoms with Crippen LogP contribution in [0, 0.1) is 0 Å². The monoisotopic (exact) mass is 283 g/mol. The first-order chi connectivity index (χ1) is 10.3. The normalized spacial score (nSPS) is 25.1. The highest BCUT2D eigenvalue weighted by Crippen LogP contribution is 2.35. The average molecular weight is 283 g/mol. The van der Waals surface area contributed by atoms with Gasteiger partial charge in [0.05, 0.1) is 0 Å². The number of benzene rings is 1. The van der Waals surface area contributed by atoms with Gasteiger partial charge in [-0.25, -0.2) is 0 Å². The molecule has 5 nitrogen and oxygen atoms in total. The van der Waals surface area contributed by atoms with Crippen molar-refractivity contribution in [1.29, 1.82) is 0 Å². The van der Waals surface area contributed by atoms with Gasteiger partial charge in [0.1, 0.15) is 5.82 Å². The molecule has 2 unspecified atom stereocenters. The van der Waals surface area contributed by atoms with Crippen LogP contribution in [-0.2, 0) is 6.42 Å². The number of anilines is 1. The molecule has 4 rings (SSSR count). The Hall–Kier alpha value is -1.88. The van der Waals surface area contributed by atoms with Gasteiger partial charge in [0.25, 0.3) is 0 Å². The second-order valence-electron chi connectivity index (χ2n) is 6.16. The van der Waals surface area contributed by atoms with E-state index in [0.717, 1.165) is 37.7 Å². The van der Waals surface area contributed by atoms with E-state index in [1.54, 1.807) is 0 Å². The van der Waals surface area contributed by atoms with Gasteiger partial charge in [0.2, 0.25) is 5.95 Å². The summed E-state index contributed by atoms with van der Waals surface area (Å²) in [5, 5.41) is 7.58. The molecule has 1 aliphatic carbocycles. The molecule has 0 radical (unpaired) electrons. The van der Waals surface area contributed by atoms with Gasteiger partial charge in [-0.05, 0) is 36.8 Å². The van der Waals surface area contributed by atoms with Crippen LogP contribution in [0.3, 0.4) is 0 Å². The third-order valence-electron chi connectivity index (χ3n) is 4.70. The molecule has 2 atom stereocenters. The van der Waals surface area contributed by atoms with E-state index in [-0.39, 0.29) is 6.04 Å². The number of hydrogen-bond donors (Lipinski definition) is 2. The number of nitrogens with two attached hydrogens (primary N) is 1. The first-order valence-electron chi connectivity index (χ1n) is 7.82.